The third-order valence-corrected chi connectivity index (χ3v) is 3.87. The Bertz CT molecular complexity index is 338. The lowest BCUT2D eigenvalue weighted by Gasteiger charge is -2.28. The zero-order chi connectivity index (χ0) is 10.8. The molecule has 1 fully saturated rings. The van der Waals surface area contributed by atoms with E-state index in [2.05, 4.69) is 12.2 Å². The third-order valence-electron chi connectivity index (χ3n) is 2.46. The van der Waals surface area contributed by atoms with Crippen molar-refractivity contribution < 1.29 is 9.50 Å². The lowest BCUT2D eigenvalue weighted by atomic mass is 10.2. The van der Waals surface area contributed by atoms with Gasteiger partial charge in [-0.25, -0.2) is 4.39 Å². The molecule has 1 saturated heterocycles. The van der Waals surface area contributed by atoms with E-state index in [4.69, 9.17) is 0 Å². The molecule has 0 aliphatic carbocycles. The van der Waals surface area contributed by atoms with Gasteiger partial charge in [-0.15, -0.1) is 11.8 Å². The van der Waals surface area contributed by atoms with Gasteiger partial charge in [0.2, 0.25) is 0 Å². The van der Waals surface area contributed by atoms with Crippen LogP contribution in [0.2, 0.25) is 0 Å². The molecule has 0 spiro atoms. The molecule has 1 aliphatic heterocycles. The summed E-state index contributed by atoms with van der Waals surface area (Å²) >= 11 is 1.77. The van der Waals surface area contributed by atoms with Crippen molar-refractivity contribution >= 4 is 11.8 Å². The van der Waals surface area contributed by atoms with Gasteiger partial charge in [0.15, 0.2) is 0 Å². The lowest BCUT2D eigenvalue weighted by Crippen LogP contribution is -2.28. The van der Waals surface area contributed by atoms with Crippen molar-refractivity contribution in [1.29, 1.82) is 0 Å². The van der Waals surface area contributed by atoms with Crippen LogP contribution in [0.15, 0.2) is 18.2 Å². The van der Waals surface area contributed by atoms with Gasteiger partial charge in [-0.2, -0.15) is 0 Å². The van der Waals surface area contributed by atoms with Gasteiger partial charge in [-0.05, 0) is 30.7 Å². The fourth-order valence-corrected chi connectivity index (χ4v) is 2.94. The fraction of sp³-hybridized carbons (Fsp3) is 0.455. The van der Waals surface area contributed by atoms with Crippen LogP contribution in [0.1, 0.15) is 24.3 Å². The molecule has 0 radical (unpaired) electrons. The van der Waals surface area contributed by atoms with Crippen molar-refractivity contribution in [2.45, 2.75) is 24.0 Å². The predicted molar refractivity (Wildman–Crippen MR) is 60.5 cm³/mol. The van der Waals surface area contributed by atoms with Gasteiger partial charge in [0, 0.05) is 11.3 Å². The van der Waals surface area contributed by atoms with E-state index < -0.39 is 0 Å². The number of hydrogen-bond acceptors (Lipinski definition) is 3. The first-order chi connectivity index (χ1) is 7.15. The molecule has 2 atom stereocenters. The number of thioether (sulfide) groups is 1. The molecule has 0 bridgehead atoms. The van der Waals surface area contributed by atoms with Crippen LogP contribution in [0.4, 0.5) is 4.39 Å². The van der Waals surface area contributed by atoms with Crippen LogP contribution < -0.4 is 5.32 Å². The average Bonchev–Trinajstić information content (AvgIpc) is 2.16. The topological polar surface area (TPSA) is 32.3 Å². The van der Waals surface area contributed by atoms with Crippen LogP contribution in [0, 0.1) is 5.82 Å². The molecule has 82 valence electrons. The number of aromatic hydroxyl groups is 1. The van der Waals surface area contributed by atoms with Crippen molar-refractivity contribution in [3.05, 3.63) is 29.6 Å². The molecule has 1 aliphatic rings. The van der Waals surface area contributed by atoms with Crippen molar-refractivity contribution in [2.24, 2.45) is 0 Å². The molecule has 0 saturated carbocycles. The second-order valence-electron chi connectivity index (χ2n) is 3.81. The summed E-state index contributed by atoms with van der Waals surface area (Å²) in [7, 11) is 0. The predicted octanol–water partition coefficient (Wildman–Crippen LogP) is 2.64. The quantitative estimate of drug-likeness (QED) is 0.773. The second kappa shape index (κ2) is 4.41. The van der Waals surface area contributed by atoms with Crippen LogP contribution in [-0.4, -0.2) is 16.9 Å². The first kappa shape index (κ1) is 10.8. The monoisotopic (exact) mass is 227 g/mol. The second-order valence-corrected chi connectivity index (χ2v) is 5.36. The Morgan fingerprint density at radius 2 is 2.27 bits per heavy atom. The summed E-state index contributed by atoms with van der Waals surface area (Å²) in [4.78, 5) is 0. The molecule has 2 unspecified atom stereocenters. The molecule has 0 amide bonds. The Balaban J connectivity index is 2.20. The summed E-state index contributed by atoms with van der Waals surface area (Å²) in [5, 5.41) is 13.3. The number of hydrogen-bond donors (Lipinski definition) is 2. The first-order valence-corrected chi connectivity index (χ1v) is 5.98. The van der Waals surface area contributed by atoms with E-state index in [0.717, 1.165) is 24.6 Å². The fourth-order valence-electron chi connectivity index (χ4n) is 1.71. The van der Waals surface area contributed by atoms with E-state index in [1.54, 1.807) is 17.8 Å². The Kier molecular flexibility index (Phi) is 3.17. The summed E-state index contributed by atoms with van der Waals surface area (Å²) < 4.78 is 13.1. The van der Waals surface area contributed by atoms with Crippen LogP contribution in [0.5, 0.6) is 5.75 Å². The van der Waals surface area contributed by atoms with Crippen LogP contribution in [-0.2, 0) is 0 Å². The number of benzene rings is 1. The Morgan fingerprint density at radius 3 is 2.93 bits per heavy atom. The molecule has 1 aromatic carbocycles. The summed E-state index contributed by atoms with van der Waals surface area (Å²) in [6.07, 6.45) is 1.13. The molecule has 4 heteroatoms. The largest absolute Gasteiger partial charge is 0.508 e. The Labute approximate surface area is 92.9 Å². The minimum absolute atomic E-state index is 0.00868. The summed E-state index contributed by atoms with van der Waals surface area (Å²) in [5.74, 6) is -0.392. The van der Waals surface area contributed by atoms with Crippen molar-refractivity contribution in [3.63, 3.8) is 0 Å². The minimum Gasteiger partial charge on any atom is -0.508 e. The van der Waals surface area contributed by atoms with E-state index in [-0.39, 0.29) is 16.9 Å². The lowest BCUT2D eigenvalue weighted by molar-refractivity contribution is 0.466. The van der Waals surface area contributed by atoms with Gasteiger partial charge < -0.3 is 10.4 Å². The maximum absolute atomic E-state index is 13.1. The Morgan fingerprint density at radius 1 is 1.47 bits per heavy atom. The molecule has 0 aromatic heterocycles. The normalized spacial score (nSPS) is 26.5. The summed E-state index contributed by atoms with van der Waals surface area (Å²) in [5.41, 5.74) is 0.809. The number of nitrogens with one attached hydrogen (secondary N) is 1. The highest BCUT2D eigenvalue weighted by Gasteiger charge is 2.20. The molecule has 2 nitrogen and oxygen atoms in total. The summed E-state index contributed by atoms with van der Waals surface area (Å²) in [6, 6.07) is 4.22. The van der Waals surface area contributed by atoms with E-state index in [1.807, 2.05) is 0 Å². The summed E-state index contributed by atoms with van der Waals surface area (Å²) in [6.45, 7) is 3.10. The zero-order valence-corrected chi connectivity index (χ0v) is 9.35. The van der Waals surface area contributed by atoms with Crippen LogP contribution >= 0.6 is 11.8 Å². The van der Waals surface area contributed by atoms with Crippen molar-refractivity contribution in [2.75, 3.05) is 6.54 Å². The highest BCUT2D eigenvalue weighted by atomic mass is 32.2. The number of rotatable bonds is 1. The first-order valence-electron chi connectivity index (χ1n) is 5.03. The SMILES string of the molecule is CC1CCNC(c2cc(O)cc(F)c2)S1. The van der Waals surface area contributed by atoms with E-state index in [1.165, 1.54) is 6.07 Å². The smallest absolute Gasteiger partial charge is 0.127 e. The van der Waals surface area contributed by atoms with Gasteiger partial charge >= 0.3 is 0 Å². The van der Waals surface area contributed by atoms with Gasteiger partial charge in [-0.1, -0.05) is 6.92 Å². The highest BCUT2D eigenvalue weighted by Crippen LogP contribution is 2.35. The molecule has 1 heterocycles. The van der Waals surface area contributed by atoms with Crippen LogP contribution in [0.3, 0.4) is 0 Å². The minimum atomic E-state index is -0.384. The maximum atomic E-state index is 13.1. The third kappa shape index (κ3) is 2.63. The molecule has 15 heavy (non-hydrogen) atoms. The van der Waals surface area contributed by atoms with E-state index in [9.17, 15) is 9.50 Å². The zero-order valence-electron chi connectivity index (χ0n) is 8.53. The standard InChI is InChI=1S/C11H14FNOS/c1-7-2-3-13-11(15-7)8-4-9(12)6-10(14)5-8/h4-7,11,13-14H,2-3H2,1H3. The Hall–Kier alpha value is -0.740. The molecule has 2 N–H and O–H groups in total. The molecule has 1 aromatic rings. The van der Waals surface area contributed by atoms with Gasteiger partial charge in [-0.3, -0.25) is 0 Å². The van der Waals surface area contributed by atoms with Gasteiger partial charge in [0.1, 0.15) is 11.6 Å². The maximum Gasteiger partial charge on any atom is 0.127 e. The van der Waals surface area contributed by atoms with E-state index in [0.29, 0.717) is 5.25 Å². The molecular formula is C11H14FNOS. The van der Waals surface area contributed by atoms with Crippen molar-refractivity contribution in [1.82, 2.24) is 5.32 Å². The van der Waals surface area contributed by atoms with Crippen molar-refractivity contribution in [3.8, 4) is 5.75 Å². The van der Waals surface area contributed by atoms with E-state index >= 15 is 0 Å². The number of phenols is 1. The molecular weight excluding hydrogens is 213 g/mol. The average molecular weight is 227 g/mol. The number of phenolic OH excluding ortho intramolecular Hbond substituents is 1. The molecule has 2 rings (SSSR count). The van der Waals surface area contributed by atoms with Crippen LogP contribution in [0.25, 0.3) is 0 Å². The highest BCUT2D eigenvalue weighted by molar-refractivity contribution is 8.00. The van der Waals surface area contributed by atoms with Gasteiger partial charge in [0.25, 0.3) is 0 Å². The van der Waals surface area contributed by atoms with Gasteiger partial charge in [0.05, 0.1) is 5.37 Å². The number of halogens is 1.